The maximum atomic E-state index is 5.79. The molecule has 0 amide bonds. The molecule has 0 fully saturated rings. The molecule has 1 unspecified atom stereocenters. The topological polar surface area (TPSA) is 53.5 Å². The summed E-state index contributed by atoms with van der Waals surface area (Å²) >= 11 is 0. The van der Waals surface area contributed by atoms with Gasteiger partial charge in [-0.15, -0.1) is 10.2 Å². The molecule has 0 saturated carbocycles. The van der Waals surface area contributed by atoms with Gasteiger partial charge < -0.3 is 14.2 Å². The Hall–Kier alpha value is -2.14. The van der Waals surface area contributed by atoms with E-state index in [0.29, 0.717) is 19.1 Å². The lowest BCUT2D eigenvalue weighted by atomic mass is 10.1. The van der Waals surface area contributed by atoms with Crippen molar-refractivity contribution in [3.8, 4) is 22.9 Å². The minimum atomic E-state index is 0.0871. The van der Waals surface area contributed by atoms with E-state index in [1.165, 1.54) is 38.5 Å². The summed E-state index contributed by atoms with van der Waals surface area (Å²) in [6.07, 6.45) is 10.0. The van der Waals surface area contributed by atoms with Crippen molar-refractivity contribution >= 4 is 0 Å². The summed E-state index contributed by atoms with van der Waals surface area (Å²) in [7, 11) is 0. The molecule has 0 aliphatic rings. The van der Waals surface area contributed by atoms with Gasteiger partial charge in [0.1, 0.15) is 12.4 Å². The zero-order chi connectivity index (χ0) is 21.4. The quantitative estimate of drug-likeness (QED) is 0.295. The standard InChI is InChI=1S/C25H38N2O3/c1-4-6-7-8-9-10-11-19-29-25-17-16-24(26-27-25)22-12-14-23(15-13-22)30-20-21(3)28-18-5-2/h12-17,21H,4-11,18-20H2,1-3H3. The molecule has 5 heteroatoms. The van der Waals surface area contributed by atoms with Crippen LogP contribution in [0.4, 0.5) is 0 Å². The molecule has 0 saturated heterocycles. The molecule has 0 N–H and O–H groups in total. The van der Waals surface area contributed by atoms with Crippen molar-refractivity contribution in [2.75, 3.05) is 19.8 Å². The number of rotatable bonds is 16. The number of aromatic nitrogens is 2. The molecule has 0 bridgehead atoms. The third kappa shape index (κ3) is 9.57. The normalized spacial score (nSPS) is 12.0. The van der Waals surface area contributed by atoms with Gasteiger partial charge in [0.25, 0.3) is 0 Å². The number of benzene rings is 1. The van der Waals surface area contributed by atoms with E-state index in [1.54, 1.807) is 0 Å². The van der Waals surface area contributed by atoms with Gasteiger partial charge >= 0.3 is 0 Å². The molecule has 0 aliphatic heterocycles. The molecule has 2 rings (SSSR count). The first kappa shape index (κ1) is 24.1. The van der Waals surface area contributed by atoms with Gasteiger partial charge in [-0.1, -0.05) is 52.4 Å². The fraction of sp³-hybridized carbons (Fsp3) is 0.600. The van der Waals surface area contributed by atoms with Crippen molar-refractivity contribution in [3.63, 3.8) is 0 Å². The van der Waals surface area contributed by atoms with E-state index in [0.717, 1.165) is 36.5 Å². The maximum Gasteiger partial charge on any atom is 0.233 e. The van der Waals surface area contributed by atoms with Crippen LogP contribution in [0.1, 0.15) is 72.1 Å². The van der Waals surface area contributed by atoms with Gasteiger partial charge in [-0.25, -0.2) is 0 Å². The Bertz CT molecular complexity index is 674. The molecule has 0 aliphatic carbocycles. The summed E-state index contributed by atoms with van der Waals surface area (Å²) in [5, 5.41) is 8.50. The van der Waals surface area contributed by atoms with Gasteiger partial charge in [-0.05, 0) is 50.1 Å². The molecule has 1 aromatic carbocycles. The van der Waals surface area contributed by atoms with Crippen molar-refractivity contribution in [2.24, 2.45) is 0 Å². The first-order chi connectivity index (χ1) is 14.7. The van der Waals surface area contributed by atoms with Crippen molar-refractivity contribution in [2.45, 2.75) is 78.2 Å². The van der Waals surface area contributed by atoms with Crippen molar-refractivity contribution < 1.29 is 14.2 Å². The van der Waals surface area contributed by atoms with Crippen molar-refractivity contribution in [1.29, 1.82) is 0 Å². The predicted molar refractivity (Wildman–Crippen MR) is 122 cm³/mol. The monoisotopic (exact) mass is 414 g/mol. The summed E-state index contributed by atoms with van der Waals surface area (Å²) in [5.74, 6) is 1.42. The molecular weight excluding hydrogens is 376 g/mol. The Morgan fingerprint density at radius 3 is 2.13 bits per heavy atom. The maximum absolute atomic E-state index is 5.79. The Balaban J connectivity index is 1.70. The van der Waals surface area contributed by atoms with E-state index in [1.807, 2.05) is 43.3 Å². The minimum Gasteiger partial charge on any atom is -0.491 e. The Morgan fingerprint density at radius 1 is 0.733 bits per heavy atom. The van der Waals surface area contributed by atoms with Crippen LogP contribution in [0.15, 0.2) is 36.4 Å². The molecule has 2 aromatic rings. The highest BCUT2D eigenvalue weighted by molar-refractivity contribution is 5.59. The molecule has 1 atom stereocenters. The molecule has 30 heavy (non-hydrogen) atoms. The zero-order valence-corrected chi connectivity index (χ0v) is 18.9. The van der Waals surface area contributed by atoms with Crippen LogP contribution in [0.25, 0.3) is 11.3 Å². The number of unbranched alkanes of at least 4 members (excludes halogenated alkanes) is 6. The van der Waals surface area contributed by atoms with E-state index < -0.39 is 0 Å². The Labute approximate surface area is 182 Å². The fourth-order valence-corrected chi connectivity index (χ4v) is 3.09. The second-order valence-electron chi connectivity index (χ2n) is 7.74. The van der Waals surface area contributed by atoms with Crippen molar-refractivity contribution in [3.05, 3.63) is 36.4 Å². The third-order valence-electron chi connectivity index (χ3n) is 4.88. The Morgan fingerprint density at radius 2 is 1.47 bits per heavy atom. The van der Waals surface area contributed by atoms with Gasteiger partial charge in [-0.3, -0.25) is 0 Å². The first-order valence-electron chi connectivity index (χ1n) is 11.5. The summed E-state index contributed by atoms with van der Waals surface area (Å²) in [6, 6.07) is 11.7. The van der Waals surface area contributed by atoms with Crippen LogP contribution in [0.2, 0.25) is 0 Å². The van der Waals surface area contributed by atoms with Crippen LogP contribution in [0.5, 0.6) is 11.6 Å². The second kappa shape index (κ2) is 14.8. The lowest BCUT2D eigenvalue weighted by Crippen LogP contribution is -2.18. The highest BCUT2D eigenvalue weighted by Gasteiger charge is 2.05. The number of hydrogen-bond acceptors (Lipinski definition) is 5. The molecule has 0 spiro atoms. The molecule has 0 radical (unpaired) electrons. The highest BCUT2D eigenvalue weighted by atomic mass is 16.5. The lowest BCUT2D eigenvalue weighted by Gasteiger charge is -2.14. The van der Waals surface area contributed by atoms with Crippen LogP contribution in [-0.2, 0) is 4.74 Å². The van der Waals surface area contributed by atoms with E-state index in [9.17, 15) is 0 Å². The number of ether oxygens (including phenoxy) is 3. The average molecular weight is 415 g/mol. The van der Waals surface area contributed by atoms with Crippen LogP contribution < -0.4 is 9.47 Å². The summed E-state index contributed by atoms with van der Waals surface area (Å²) < 4.78 is 17.1. The SMILES string of the molecule is CCCCCCCCCOc1ccc(-c2ccc(OCC(C)OCCC)cc2)nn1. The third-order valence-corrected chi connectivity index (χ3v) is 4.88. The van der Waals surface area contributed by atoms with E-state index in [4.69, 9.17) is 14.2 Å². The fourth-order valence-electron chi connectivity index (χ4n) is 3.09. The first-order valence-corrected chi connectivity index (χ1v) is 11.5. The van der Waals surface area contributed by atoms with Gasteiger partial charge in [0, 0.05) is 18.2 Å². The molecule has 166 valence electrons. The lowest BCUT2D eigenvalue weighted by molar-refractivity contribution is 0.0327. The number of nitrogens with zero attached hydrogens (tertiary/aromatic N) is 2. The van der Waals surface area contributed by atoms with E-state index in [-0.39, 0.29) is 6.10 Å². The minimum absolute atomic E-state index is 0.0871. The molecule has 1 heterocycles. The van der Waals surface area contributed by atoms with E-state index in [2.05, 4.69) is 24.0 Å². The predicted octanol–water partition coefficient (Wildman–Crippen LogP) is 6.47. The van der Waals surface area contributed by atoms with Crippen molar-refractivity contribution in [1.82, 2.24) is 10.2 Å². The van der Waals surface area contributed by atoms with Crippen LogP contribution >= 0.6 is 0 Å². The van der Waals surface area contributed by atoms with Gasteiger partial charge in [0.15, 0.2) is 0 Å². The largest absolute Gasteiger partial charge is 0.491 e. The highest BCUT2D eigenvalue weighted by Crippen LogP contribution is 2.21. The zero-order valence-electron chi connectivity index (χ0n) is 18.9. The smallest absolute Gasteiger partial charge is 0.233 e. The summed E-state index contributed by atoms with van der Waals surface area (Å²) in [6.45, 7) is 8.39. The van der Waals surface area contributed by atoms with Gasteiger partial charge in [0.2, 0.25) is 5.88 Å². The molecular formula is C25H38N2O3. The molecule has 5 nitrogen and oxygen atoms in total. The van der Waals surface area contributed by atoms with Crippen LogP contribution in [0.3, 0.4) is 0 Å². The Kier molecular flexibility index (Phi) is 11.9. The van der Waals surface area contributed by atoms with Crippen LogP contribution in [-0.4, -0.2) is 36.1 Å². The van der Waals surface area contributed by atoms with Gasteiger partial charge in [0.05, 0.1) is 18.4 Å². The number of hydrogen-bond donors (Lipinski definition) is 0. The summed E-state index contributed by atoms with van der Waals surface area (Å²) in [4.78, 5) is 0. The summed E-state index contributed by atoms with van der Waals surface area (Å²) in [5.41, 5.74) is 1.83. The molecule has 1 aromatic heterocycles. The second-order valence-corrected chi connectivity index (χ2v) is 7.74. The average Bonchev–Trinajstić information content (AvgIpc) is 2.79. The van der Waals surface area contributed by atoms with Crippen LogP contribution in [0, 0.1) is 0 Å². The van der Waals surface area contributed by atoms with Gasteiger partial charge in [-0.2, -0.15) is 0 Å². The van der Waals surface area contributed by atoms with E-state index >= 15 is 0 Å².